The van der Waals surface area contributed by atoms with Gasteiger partial charge in [-0.25, -0.2) is 4.21 Å². The highest BCUT2D eigenvalue weighted by Gasteiger charge is 2.20. The van der Waals surface area contributed by atoms with Crippen LogP contribution in [0.1, 0.15) is 38.2 Å². The third kappa shape index (κ3) is 5.70. The van der Waals surface area contributed by atoms with Gasteiger partial charge >= 0.3 is 11.9 Å². The van der Waals surface area contributed by atoms with Gasteiger partial charge in [-0.15, -0.1) is 0 Å². The lowest BCUT2D eigenvalue weighted by Crippen LogP contribution is -2.22. The van der Waals surface area contributed by atoms with Crippen LogP contribution >= 0.6 is 0 Å². The normalized spacial score (nSPS) is 13.7. The molecule has 0 saturated carbocycles. The fourth-order valence-electron chi connectivity index (χ4n) is 2.15. The zero-order valence-electron chi connectivity index (χ0n) is 14.1. The first kappa shape index (κ1) is 19.7. The maximum atomic E-state index is 11.9. The lowest BCUT2D eigenvalue weighted by molar-refractivity contribution is -0.370. The Hall–Kier alpha value is -2.66. The molecule has 0 aliphatic carbocycles. The van der Waals surface area contributed by atoms with E-state index in [0.717, 1.165) is 16.0 Å². The predicted molar refractivity (Wildman–Crippen MR) is 91.8 cm³/mol. The Labute approximate surface area is 152 Å². The van der Waals surface area contributed by atoms with E-state index in [1.807, 2.05) is 6.92 Å². The Morgan fingerprint density at radius 3 is 2.46 bits per heavy atom. The molecule has 1 aromatic carbocycles. The van der Waals surface area contributed by atoms with Gasteiger partial charge in [0.05, 0.1) is 27.2 Å². The monoisotopic (exact) mass is 378 g/mol. The van der Waals surface area contributed by atoms with Gasteiger partial charge in [0.25, 0.3) is 0 Å². The van der Waals surface area contributed by atoms with Crippen molar-refractivity contribution in [2.75, 3.05) is 6.54 Å². The van der Waals surface area contributed by atoms with Crippen LogP contribution < -0.4 is 4.74 Å². The molecule has 0 amide bonds. The van der Waals surface area contributed by atoms with Gasteiger partial charge in [0.1, 0.15) is 17.0 Å². The average molecular weight is 378 g/mol. The number of ether oxygens (including phenoxy) is 1. The number of rotatable bonds is 9. The molecule has 0 spiro atoms. The van der Waals surface area contributed by atoms with Crippen LogP contribution in [0.5, 0.6) is 5.75 Å². The van der Waals surface area contributed by atoms with Gasteiger partial charge in [-0.3, -0.25) is 4.79 Å². The van der Waals surface area contributed by atoms with Crippen LogP contribution in [0.3, 0.4) is 0 Å². The van der Waals surface area contributed by atoms with Crippen molar-refractivity contribution < 1.29 is 22.3 Å². The minimum absolute atomic E-state index is 0.00566. The minimum Gasteiger partial charge on any atom is -0.743 e. The Balaban J connectivity index is 1.84. The minimum atomic E-state index is -2.59. The molecular formula is C15H18N6O4S. The maximum Gasteiger partial charge on any atom is 0.488 e. The number of carbonyl (C=O) groups is 1. The van der Waals surface area contributed by atoms with Crippen LogP contribution in [-0.4, -0.2) is 36.9 Å². The molecule has 11 heteroatoms. The van der Waals surface area contributed by atoms with E-state index in [1.165, 1.54) is 0 Å². The Bertz CT molecular complexity index is 774. The van der Waals surface area contributed by atoms with Gasteiger partial charge in [-0.1, -0.05) is 13.3 Å². The lowest BCUT2D eigenvalue weighted by atomic mass is 10.1. The van der Waals surface area contributed by atoms with Crippen LogP contribution in [0, 0.1) is 5.41 Å². The van der Waals surface area contributed by atoms with Crippen molar-refractivity contribution in [1.82, 2.24) is 0 Å². The summed E-state index contributed by atoms with van der Waals surface area (Å²) in [6, 6.07) is 6.72. The van der Waals surface area contributed by atoms with Gasteiger partial charge in [-0.2, -0.15) is 3.98 Å². The molecule has 138 valence electrons. The van der Waals surface area contributed by atoms with Crippen LogP contribution in [0.2, 0.25) is 0 Å². The highest BCUT2D eigenvalue weighted by atomic mass is 32.2. The van der Waals surface area contributed by atoms with Crippen molar-refractivity contribution in [2.24, 2.45) is 20.7 Å². The molecule has 0 bridgehead atoms. The van der Waals surface area contributed by atoms with E-state index in [4.69, 9.17) is 10.1 Å². The fraction of sp³-hybridized carbons (Fsp3) is 0.400. The topological polar surface area (TPSA) is 143 Å². The van der Waals surface area contributed by atoms with E-state index < -0.39 is 17.2 Å². The van der Waals surface area contributed by atoms with Gasteiger partial charge in [0.15, 0.2) is 0 Å². The second kappa shape index (κ2) is 9.73. The summed E-state index contributed by atoms with van der Waals surface area (Å²) in [7, 11) is 0. The summed E-state index contributed by atoms with van der Waals surface area (Å²) in [5, 5.41) is 21.3. The number of guanidine groups is 1. The van der Waals surface area contributed by atoms with E-state index in [2.05, 4.69) is 20.7 Å². The zero-order valence-corrected chi connectivity index (χ0v) is 14.9. The number of hydrogen-bond acceptors (Lipinski definition) is 7. The van der Waals surface area contributed by atoms with Crippen molar-refractivity contribution in [3.8, 4) is 5.75 Å². The van der Waals surface area contributed by atoms with Gasteiger partial charge in [0, 0.05) is 12.1 Å². The van der Waals surface area contributed by atoms with Crippen LogP contribution in [0.15, 0.2) is 44.9 Å². The Morgan fingerprint density at radius 1 is 1.23 bits per heavy atom. The van der Waals surface area contributed by atoms with Gasteiger partial charge < -0.3 is 14.7 Å². The maximum absolute atomic E-state index is 11.9. The third-order valence-corrected chi connectivity index (χ3v) is 4.09. The van der Waals surface area contributed by atoms with E-state index in [1.54, 1.807) is 24.3 Å². The average Bonchev–Trinajstić information content (AvgIpc) is 3.13. The zero-order chi connectivity index (χ0) is 18.9. The highest BCUT2D eigenvalue weighted by Crippen LogP contribution is 2.15. The number of benzene rings is 1. The summed E-state index contributed by atoms with van der Waals surface area (Å²) < 4.78 is 28.4. The first-order valence-corrected chi connectivity index (χ1v) is 8.98. The lowest BCUT2D eigenvalue weighted by Gasteiger charge is -2.09. The molecule has 1 aliphatic rings. The van der Waals surface area contributed by atoms with Crippen LogP contribution in [-0.2, 0) is 16.1 Å². The highest BCUT2D eigenvalue weighted by molar-refractivity contribution is 7.72. The second-order valence-electron chi connectivity index (χ2n) is 5.33. The quantitative estimate of drug-likeness (QED) is 0.231. The molecule has 1 atom stereocenters. The van der Waals surface area contributed by atoms with Crippen molar-refractivity contribution in [1.29, 1.82) is 5.41 Å². The van der Waals surface area contributed by atoms with Crippen molar-refractivity contribution in [2.45, 2.75) is 32.6 Å². The molecule has 0 aromatic heterocycles. The number of carbonyl (C=O) groups excluding carboxylic acids is 1. The molecule has 1 N–H and O–H groups in total. The van der Waals surface area contributed by atoms with Crippen LogP contribution in [0.4, 0.5) is 0 Å². The third-order valence-electron chi connectivity index (χ3n) is 3.39. The summed E-state index contributed by atoms with van der Waals surface area (Å²) in [6.45, 7) is 2.01. The largest absolute Gasteiger partial charge is 0.743 e. The molecule has 26 heavy (non-hydrogen) atoms. The molecule has 2 rings (SSSR count). The second-order valence-corrected chi connectivity index (χ2v) is 6.20. The Morgan fingerprint density at radius 2 is 1.88 bits per heavy atom. The summed E-state index contributed by atoms with van der Waals surface area (Å²) in [6.07, 6.45) is 1.82. The number of nitrogens with one attached hydrogen (secondary N) is 1. The fourth-order valence-corrected chi connectivity index (χ4v) is 2.63. The number of nitrogens with zero attached hydrogens (tertiary/aromatic N) is 5. The smallest absolute Gasteiger partial charge is 0.488 e. The molecule has 1 heterocycles. The van der Waals surface area contributed by atoms with E-state index in [0.29, 0.717) is 17.9 Å². The van der Waals surface area contributed by atoms with Gasteiger partial charge in [0.2, 0.25) is 0 Å². The Kier molecular flexibility index (Phi) is 7.36. The molecule has 0 fully saturated rings. The summed E-state index contributed by atoms with van der Waals surface area (Å²) in [4.78, 5) is 11.9. The van der Waals surface area contributed by atoms with Crippen LogP contribution in [0.25, 0.3) is 0 Å². The first-order valence-electron chi connectivity index (χ1n) is 7.95. The molecule has 0 saturated heterocycles. The molecule has 1 aromatic rings. The van der Waals surface area contributed by atoms with E-state index in [9.17, 15) is 13.6 Å². The summed E-state index contributed by atoms with van der Waals surface area (Å²) >= 11 is -2.59. The molecule has 10 nitrogen and oxygen atoms in total. The van der Waals surface area contributed by atoms with Crippen molar-refractivity contribution >= 4 is 28.9 Å². The molecule has 0 radical (unpaired) electrons. The summed E-state index contributed by atoms with van der Waals surface area (Å²) in [5.41, 5.74) is 1.33. The summed E-state index contributed by atoms with van der Waals surface area (Å²) in [5.74, 6) is -0.255. The molecule has 1 unspecified atom stereocenters. The van der Waals surface area contributed by atoms with Crippen molar-refractivity contribution in [3.05, 3.63) is 29.8 Å². The SMILES string of the molecule is CCCC(=N)c1ccc(OC(=O)CCC[N+](=C2N=NN=N2)S(=O)[O-])cc1. The number of esters is 1. The first-order chi connectivity index (χ1) is 12.5. The molecule has 1 aliphatic heterocycles. The predicted octanol–water partition coefficient (Wildman–Crippen LogP) is 2.54. The standard InChI is InChI=1S/C15H18N6O4S/c1-2-4-13(16)11-6-8-12(9-7-11)25-14(22)5-3-10-21(26(23)24)15-17-19-20-18-15/h6-9,16H,2-5,10H2,1H3. The van der Waals surface area contributed by atoms with E-state index in [-0.39, 0.29) is 25.3 Å². The van der Waals surface area contributed by atoms with E-state index >= 15 is 0 Å². The van der Waals surface area contributed by atoms with Gasteiger partial charge in [-0.05, 0) is 42.7 Å². The number of hydrogen-bond donors (Lipinski definition) is 1. The van der Waals surface area contributed by atoms with Crippen molar-refractivity contribution in [3.63, 3.8) is 0 Å². The molecular weight excluding hydrogens is 360 g/mol.